The Morgan fingerprint density at radius 3 is 2.86 bits per heavy atom. The highest BCUT2D eigenvalue weighted by Gasteiger charge is 2.23. The number of rotatable bonds is 3. The van der Waals surface area contributed by atoms with Gasteiger partial charge in [-0.3, -0.25) is 4.79 Å². The number of carbonyl (C=O) groups excluding carboxylic acids is 1. The van der Waals surface area contributed by atoms with Crippen LogP contribution in [0.4, 0.5) is 0 Å². The minimum Gasteiger partial charge on any atom is -0.349 e. The van der Waals surface area contributed by atoms with E-state index < -0.39 is 0 Å². The molecule has 116 valence electrons. The lowest BCUT2D eigenvalue weighted by Gasteiger charge is -2.31. The number of hydrogen-bond acceptors (Lipinski definition) is 3. The average Bonchev–Trinajstić information content (AvgIpc) is 2.91. The fourth-order valence-electron chi connectivity index (χ4n) is 3.47. The standard InChI is InChI=1S/C17H26N2OS/c1-3-19-8-6-14(7-9-19)18-17(20)16-11-13-10-12(2)4-5-15(13)21-16/h11-12,14H,3-10H2,1-2H3,(H,18,20)/t12-/m0/s1. The normalized spacial score (nSPS) is 23.8. The molecule has 3 nitrogen and oxygen atoms in total. The lowest BCUT2D eigenvalue weighted by molar-refractivity contribution is 0.0916. The Morgan fingerprint density at radius 2 is 2.14 bits per heavy atom. The molecule has 1 aromatic heterocycles. The molecule has 2 aliphatic rings. The molecule has 1 N–H and O–H groups in total. The Morgan fingerprint density at radius 1 is 1.38 bits per heavy atom. The molecule has 0 spiro atoms. The predicted molar refractivity (Wildman–Crippen MR) is 88.1 cm³/mol. The summed E-state index contributed by atoms with van der Waals surface area (Å²) in [4.78, 5) is 17.3. The zero-order valence-corrected chi connectivity index (χ0v) is 14.0. The van der Waals surface area contributed by atoms with Gasteiger partial charge in [0.1, 0.15) is 0 Å². The maximum Gasteiger partial charge on any atom is 0.261 e. The number of fused-ring (bicyclic) bond motifs is 1. The molecule has 2 heterocycles. The number of piperidine rings is 1. The highest BCUT2D eigenvalue weighted by Crippen LogP contribution is 2.32. The monoisotopic (exact) mass is 306 g/mol. The molecule has 1 amide bonds. The molecular weight excluding hydrogens is 280 g/mol. The number of amides is 1. The summed E-state index contributed by atoms with van der Waals surface area (Å²) in [5.41, 5.74) is 1.42. The number of likely N-dealkylation sites (tertiary alicyclic amines) is 1. The molecule has 4 heteroatoms. The van der Waals surface area contributed by atoms with E-state index in [4.69, 9.17) is 0 Å². The van der Waals surface area contributed by atoms with E-state index in [-0.39, 0.29) is 5.91 Å². The Balaban J connectivity index is 1.59. The van der Waals surface area contributed by atoms with Crippen molar-refractivity contribution in [2.75, 3.05) is 19.6 Å². The van der Waals surface area contributed by atoms with E-state index in [0.717, 1.165) is 56.1 Å². The molecule has 0 aromatic carbocycles. The van der Waals surface area contributed by atoms with E-state index in [1.807, 2.05) is 0 Å². The third-order valence-corrected chi connectivity index (χ3v) is 6.16. The minimum atomic E-state index is 0.150. The predicted octanol–water partition coefficient (Wildman–Crippen LogP) is 3.09. The van der Waals surface area contributed by atoms with Crippen LogP contribution in [-0.2, 0) is 12.8 Å². The summed E-state index contributed by atoms with van der Waals surface area (Å²) in [7, 11) is 0. The van der Waals surface area contributed by atoms with Gasteiger partial charge in [0.2, 0.25) is 0 Å². The quantitative estimate of drug-likeness (QED) is 0.931. The number of nitrogens with zero attached hydrogens (tertiary/aromatic N) is 1. The number of hydrogen-bond donors (Lipinski definition) is 1. The van der Waals surface area contributed by atoms with E-state index in [9.17, 15) is 4.79 Å². The van der Waals surface area contributed by atoms with Crippen molar-refractivity contribution in [1.29, 1.82) is 0 Å². The maximum atomic E-state index is 12.4. The van der Waals surface area contributed by atoms with E-state index >= 15 is 0 Å². The third-order valence-electron chi connectivity index (χ3n) is 4.92. The first-order chi connectivity index (χ1) is 10.2. The minimum absolute atomic E-state index is 0.150. The van der Waals surface area contributed by atoms with Crippen LogP contribution in [0.15, 0.2) is 6.07 Å². The van der Waals surface area contributed by atoms with Crippen molar-refractivity contribution in [3.63, 3.8) is 0 Å². The van der Waals surface area contributed by atoms with Gasteiger partial charge in [0.05, 0.1) is 4.88 Å². The second-order valence-electron chi connectivity index (χ2n) is 6.59. The topological polar surface area (TPSA) is 32.3 Å². The van der Waals surface area contributed by atoms with E-state index in [1.165, 1.54) is 16.9 Å². The zero-order chi connectivity index (χ0) is 14.8. The largest absolute Gasteiger partial charge is 0.349 e. The lowest BCUT2D eigenvalue weighted by atomic mass is 9.90. The van der Waals surface area contributed by atoms with Gasteiger partial charge in [-0.25, -0.2) is 0 Å². The molecule has 0 saturated carbocycles. The number of nitrogens with one attached hydrogen (secondary N) is 1. The van der Waals surface area contributed by atoms with Crippen LogP contribution in [0.3, 0.4) is 0 Å². The Bertz CT molecular complexity index is 503. The van der Waals surface area contributed by atoms with Crippen LogP contribution in [0.2, 0.25) is 0 Å². The summed E-state index contributed by atoms with van der Waals surface area (Å²) in [6, 6.07) is 2.50. The van der Waals surface area contributed by atoms with Gasteiger partial charge in [0.25, 0.3) is 5.91 Å². The first kappa shape index (κ1) is 15.0. The molecular formula is C17H26N2OS. The van der Waals surface area contributed by atoms with E-state index in [0.29, 0.717) is 6.04 Å². The van der Waals surface area contributed by atoms with Crippen LogP contribution in [0.1, 0.15) is 53.2 Å². The first-order valence-corrected chi connectivity index (χ1v) is 9.12. The molecule has 0 unspecified atom stereocenters. The van der Waals surface area contributed by atoms with Crippen LogP contribution in [0, 0.1) is 5.92 Å². The summed E-state index contributed by atoms with van der Waals surface area (Å²) < 4.78 is 0. The van der Waals surface area contributed by atoms with Crippen molar-refractivity contribution in [3.05, 3.63) is 21.4 Å². The highest BCUT2D eigenvalue weighted by molar-refractivity contribution is 7.14. The van der Waals surface area contributed by atoms with E-state index in [1.54, 1.807) is 11.3 Å². The number of carbonyl (C=O) groups is 1. The molecule has 3 rings (SSSR count). The average molecular weight is 306 g/mol. The smallest absolute Gasteiger partial charge is 0.261 e. The summed E-state index contributed by atoms with van der Waals surface area (Å²) >= 11 is 1.72. The van der Waals surface area contributed by atoms with Gasteiger partial charge < -0.3 is 10.2 Å². The van der Waals surface area contributed by atoms with Crippen LogP contribution in [0.25, 0.3) is 0 Å². The fourth-order valence-corrected chi connectivity index (χ4v) is 4.58. The second kappa shape index (κ2) is 6.49. The van der Waals surface area contributed by atoms with Gasteiger partial charge in [-0.05, 0) is 56.2 Å². The van der Waals surface area contributed by atoms with Crippen LogP contribution >= 0.6 is 11.3 Å². The van der Waals surface area contributed by atoms with Gasteiger partial charge in [0, 0.05) is 24.0 Å². The molecule has 1 saturated heterocycles. The molecule has 21 heavy (non-hydrogen) atoms. The first-order valence-electron chi connectivity index (χ1n) is 8.30. The third kappa shape index (κ3) is 3.49. The van der Waals surface area contributed by atoms with Gasteiger partial charge in [-0.15, -0.1) is 11.3 Å². The second-order valence-corrected chi connectivity index (χ2v) is 7.73. The van der Waals surface area contributed by atoms with Gasteiger partial charge in [-0.1, -0.05) is 13.8 Å². The Labute approximate surface area is 131 Å². The van der Waals surface area contributed by atoms with E-state index in [2.05, 4.69) is 30.1 Å². The molecule has 1 aliphatic heterocycles. The van der Waals surface area contributed by atoms with Crippen molar-refractivity contribution in [2.45, 2.75) is 52.0 Å². The van der Waals surface area contributed by atoms with Crippen LogP contribution in [0.5, 0.6) is 0 Å². The maximum absolute atomic E-state index is 12.4. The summed E-state index contributed by atoms with van der Waals surface area (Å²) in [6.45, 7) is 7.86. The van der Waals surface area contributed by atoms with Crippen molar-refractivity contribution in [2.24, 2.45) is 5.92 Å². The van der Waals surface area contributed by atoms with Crippen molar-refractivity contribution in [1.82, 2.24) is 10.2 Å². The van der Waals surface area contributed by atoms with Crippen molar-refractivity contribution >= 4 is 17.2 Å². The molecule has 1 aromatic rings. The highest BCUT2D eigenvalue weighted by atomic mass is 32.1. The van der Waals surface area contributed by atoms with Gasteiger partial charge in [-0.2, -0.15) is 0 Å². The molecule has 1 aliphatic carbocycles. The molecule has 0 bridgehead atoms. The molecule has 1 atom stereocenters. The van der Waals surface area contributed by atoms with Gasteiger partial charge >= 0.3 is 0 Å². The Hall–Kier alpha value is -0.870. The summed E-state index contributed by atoms with van der Waals surface area (Å²) in [6.07, 6.45) is 5.74. The van der Waals surface area contributed by atoms with Gasteiger partial charge in [0.15, 0.2) is 0 Å². The van der Waals surface area contributed by atoms with Crippen molar-refractivity contribution in [3.8, 4) is 0 Å². The van der Waals surface area contributed by atoms with Crippen LogP contribution < -0.4 is 5.32 Å². The lowest BCUT2D eigenvalue weighted by Crippen LogP contribution is -2.44. The number of thiophene rings is 1. The summed E-state index contributed by atoms with van der Waals surface area (Å²) in [5.74, 6) is 0.915. The number of aryl methyl sites for hydroxylation is 1. The zero-order valence-electron chi connectivity index (χ0n) is 13.2. The summed E-state index contributed by atoms with van der Waals surface area (Å²) in [5, 5.41) is 3.24. The molecule has 1 fully saturated rings. The SMILES string of the molecule is CCN1CCC(NC(=O)c2cc3c(s2)CC[C@H](C)C3)CC1. The fraction of sp³-hybridized carbons (Fsp3) is 0.706. The molecule has 0 radical (unpaired) electrons. The Kier molecular flexibility index (Phi) is 4.65. The van der Waals surface area contributed by atoms with Crippen LogP contribution in [-0.4, -0.2) is 36.5 Å². The van der Waals surface area contributed by atoms with Crippen molar-refractivity contribution < 1.29 is 4.79 Å².